The second-order valence-corrected chi connectivity index (χ2v) is 9.61. The van der Waals surface area contributed by atoms with Crippen LogP contribution < -0.4 is 4.72 Å². The van der Waals surface area contributed by atoms with E-state index in [4.69, 9.17) is 11.6 Å². The molecule has 0 radical (unpaired) electrons. The monoisotopic (exact) mass is 483 g/mol. The highest BCUT2D eigenvalue weighted by Gasteiger charge is 2.33. The van der Waals surface area contributed by atoms with Gasteiger partial charge in [0.2, 0.25) is 0 Å². The first-order valence-corrected chi connectivity index (χ1v) is 11.4. The zero-order valence-corrected chi connectivity index (χ0v) is 18.1. The molecule has 1 N–H and O–H groups in total. The number of alkyl halides is 3. The molecule has 0 spiro atoms. The van der Waals surface area contributed by atoms with Crippen LogP contribution in [0.15, 0.2) is 59.6 Å². The van der Waals surface area contributed by atoms with Crippen molar-refractivity contribution in [3.63, 3.8) is 0 Å². The summed E-state index contributed by atoms with van der Waals surface area (Å²) in [6, 6.07) is 10.7. The number of rotatable bonds is 4. The molecule has 2 heterocycles. The smallest absolute Gasteiger partial charge is 0.279 e. The van der Waals surface area contributed by atoms with Gasteiger partial charge in [-0.2, -0.15) is 13.2 Å². The summed E-state index contributed by atoms with van der Waals surface area (Å²) in [5, 5.41) is 0.330. The van der Waals surface area contributed by atoms with E-state index in [0.29, 0.717) is 27.7 Å². The second-order valence-electron chi connectivity index (χ2n) is 6.57. The Balaban J connectivity index is 1.74. The highest BCUT2D eigenvalue weighted by atomic mass is 35.5. The highest BCUT2D eigenvalue weighted by Crippen LogP contribution is 2.36. The van der Waals surface area contributed by atoms with Crippen molar-refractivity contribution < 1.29 is 21.6 Å². The van der Waals surface area contributed by atoms with Crippen LogP contribution in [0.1, 0.15) is 11.1 Å². The lowest BCUT2D eigenvalue weighted by molar-refractivity contribution is -0.137. The first-order valence-electron chi connectivity index (χ1n) is 8.77. The Labute approximate surface area is 184 Å². The molecule has 160 valence electrons. The predicted molar refractivity (Wildman–Crippen MR) is 115 cm³/mol. The minimum Gasteiger partial charge on any atom is -0.279 e. The third kappa shape index (κ3) is 4.23. The van der Waals surface area contributed by atoms with Crippen molar-refractivity contribution >= 4 is 49.0 Å². The quantitative estimate of drug-likeness (QED) is 0.378. The molecule has 0 saturated heterocycles. The number of benzene rings is 2. The molecule has 2 aromatic carbocycles. The number of fused-ring (bicyclic) bond motifs is 1. The van der Waals surface area contributed by atoms with Crippen molar-refractivity contribution in [3.8, 4) is 10.6 Å². The summed E-state index contributed by atoms with van der Waals surface area (Å²) in [5.74, 6) is 0. The van der Waals surface area contributed by atoms with Crippen molar-refractivity contribution in [2.45, 2.75) is 18.0 Å². The van der Waals surface area contributed by atoms with Crippen molar-refractivity contribution in [1.82, 2.24) is 9.97 Å². The van der Waals surface area contributed by atoms with E-state index >= 15 is 0 Å². The Hall–Kier alpha value is -2.69. The molecule has 0 unspecified atom stereocenters. The van der Waals surface area contributed by atoms with Crippen molar-refractivity contribution in [3.05, 3.63) is 70.9 Å². The van der Waals surface area contributed by atoms with Gasteiger partial charge in [-0.05, 0) is 48.9 Å². The number of aromatic nitrogens is 2. The number of anilines is 1. The van der Waals surface area contributed by atoms with E-state index in [1.54, 1.807) is 31.3 Å². The SMILES string of the molecule is Cc1c(NS(=O)(=O)c2cc(C(F)(F)F)ccc2Cl)cccc1-c1nc2cccnc2s1. The molecule has 4 aromatic rings. The normalized spacial score (nSPS) is 12.3. The first kappa shape index (κ1) is 21.5. The summed E-state index contributed by atoms with van der Waals surface area (Å²) in [6.07, 6.45) is -3.05. The number of sulfonamides is 1. The van der Waals surface area contributed by atoms with Crippen LogP contribution in [0.2, 0.25) is 5.02 Å². The third-order valence-electron chi connectivity index (χ3n) is 4.52. The van der Waals surface area contributed by atoms with Crippen LogP contribution in [0.4, 0.5) is 18.9 Å². The molecule has 31 heavy (non-hydrogen) atoms. The summed E-state index contributed by atoms with van der Waals surface area (Å²) in [4.78, 5) is 8.86. The molecule has 11 heteroatoms. The van der Waals surface area contributed by atoms with Crippen LogP contribution in [-0.2, 0) is 16.2 Å². The lowest BCUT2D eigenvalue weighted by Gasteiger charge is -2.15. The molecule has 0 aliphatic rings. The van der Waals surface area contributed by atoms with E-state index in [2.05, 4.69) is 14.7 Å². The lowest BCUT2D eigenvalue weighted by atomic mass is 10.1. The van der Waals surface area contributed by atoms with Crippen molar-refractivity contribution in [2.75, 3.05) is 4.72 Å². The largest absolute Gasteiger partial charge is 0.416 e. The van der Waals surface area contributed by atoms with Crippen LogP contribution in [0.25, 0.3) is 20.9 Å². The number of halogens is 4. The minimum atomic E-state index is -4.70. The third-order valence-corrected chi connectivity index (χ3v) is 7.38. The molecule has 2 aromatic heterocycles. The molecule has 0 aliphatic carbocycles. The number of thiazole rings is 1. The van der Waals surface area contributed by atoms with Crippen molar-refractivity contribution in [1.29, 1.82) is 0 Å². The van der Waals surface area contributed by atoms with Gasteiger partial charge in [-0.25, -0.2) is 18.4 Å². The fourth-order valence-corrected chi connectivity index (χ4v) is 5.59. The summed E-state index contributed by atoms with van der Waals surface area (Å²) < 4.78 is 67.2. The molecule has 0 aliphatic heterocycles. The fraction of sp³-hybridized carbons (Fsp3) is 0.100. The summed E-state index contributed by atoms with van der Waals surface area (Å²) in [6.45, 7) is 1.69. The maximum atomic E-state index is 13.0. The van der Waals surface area contributed by atoms with E-state index in [-0.39, 0.29) is 10.7 Å². The predicted octanol–water partition coefficient (Wildman–Crippen LogP) is 6.14. The molecule has 5 nitrogen and oxygen atoms in total. The average Bonchev–Trinajstić information content (AvgIpc) is 3.12. The van der Waals surface area contributed by atoms with Gasteiger partial charge in [0.05, 0.1) is 16.3 Å². The van der Waals surface area contributed by atoms with Crippen LogP contribution in [0.5, 0.6) is 0 Å². The molecule has 4 rings (SSSR count). The molecular weight excluding hydrogens is 471 g/mol. The standard InChI is InChI=1S/C20H13ClF3N3O2S2/c1-11-13(18-26-16-6-3-9-25-19(16)30-18)4-2-5-15(11)27-31(28,29)17-10-12(20(22,23)24)7-8-14(17)21/h2-10,27H,1H3. The van der Waals surface area contributed by atoms with Gasteiger partial charge < -0.3 is 0 Å². The van der Waals surface area contributed by atoms with Gasteiger partial charge in [0, 0.05) is 11.8 Å². The Morgan fingerprint density at radius 3 is 2.58 bits per heavy atom. The maximum absolute atomic E-state index is 13.0. The number of hydrogen-bond acceptors (Lipinski definition) is 5. The van der Waals surface area contributed by atoms with Crippen molar-refractivity contribution in [2.24, 2.45) is 0 Å². The van der Waals surface area contributed by atoms with E-state index in [1.807, 2.05) is 6.07 Å². The topological polar surface area (TPSA) is 72.0 Å². The van der Waals surface area contributed by atoms with Crippen LogP contribution in [-0.4, -0.2) is 18.4 Å². The maximum Gasteiger partial charge on any atom is 0.416 e. The van der Waals surface area contributed by atoms with Gasteiger partial charge in [-0.15, -0.1) is 0 Å². The van der Waals surface area contributed by atoms with Crippen LogP contribution >= 0.6 is 22.9 Å². The molecule has 0 amide bonds. The van der Waals surface area contributed by atoms with Gasteiger partial charge in [-0.3, -0.25) is 4.72 Å². The number of nitrogens with zero attached hydrogens (tertiary/aromatic N) is 2. The fourth-order valence-electron chi connectivity index (χ4n) is 2.95. The van der Waals surface area contributed by atoms with Crippen LogP contribution in [0, 0.1) is 6.92 Å². The Kier molecular flexibility index (Phi) is 5.40. The highest BCUT2D eigenvalue weighted by molar-refractivity contribution is 7.92. The molecular formula is C20H13ClF3N3O2S2. The molecule has 0 saturated carbocycles. The number of nitrogens with one attached hydrogen (secondary N) is 1. The zero-order chi connectivity index (χ0) is 22.4. The molecule has 0 fully saturated rings. The van der Waals surface area contributed by atoms with Gasteiger partial charge in [0.25, 0.3) is 10.0 Å². The lowest BCUT2D eigenvalue weighted by Crippen LogP contribution is -2.16. The van der Waals surface area contributed by atoms with Gasteiger partial charge in [0.1, 0.15) is 20.3 Å². The Morgan fingerprint density at radius 2 is 1.87 bits per heavy atom. The first-order chi connectivity index (χ1) is 14.6. The summed E-state index contributed by atoms with van der Waals surface area (Å²) in [7, 11) is -4.38. The van der Waals surface area contributed by atoms with E-state index < -0.39 is 26.7 Å². The summed E-state index contributed by atoms with van der Waals surface area (Å²) in [5.41, 5.74) is 1.05. The number of hydrogen-bond donors (Lipinski definition) is 1. The Bertz CT molecular complexity index is 1370. The van der Waals surface area contributed by atoms with Gasteiger partial charge in [-0.1, -0.05) is 35.1 Å². The van der Waals surface area contributed by atoms with E-state index in [1.165, 1.54) is 17.4 Å². The Morgan fingerprint density at radius 1 is 1.10 bits per heavy atom. The molecule has 0 atom stereocenters. The number of pyridine rings is 1. The summed E-state index contributed by atoms with van der Waals surface area (Å²) >= 11 is 7.26. The zero-order valence-electron chi connectivity index (χ0n) is 15.7. The second kappa shape index (κ2) is 7.77. The van der Waals surface area contributed by atoms with E-state index in [9.17, 15) is 21.6 Å². The van der Waals surface area contributed by atoms with E-state index in [0.717, 1.165) is 17.0 Å². The average molecular weight is 484 g/mol. The van der Waals surface area contributed by atoms with Gasteiger partial charge in [0.15, 0.2) is 0 Å². The molecule has 0 bridgehead atoms. The van der Waals surface area contributed by atoms with Gasteiger partial charge >= 0.3 is 6.18 Å². The minimum absolute atomic E-state index is 0.207. The van der Waals surface area contributed by atoms with Crippen LogP contribution in [0.3, 0.4) is 0 Å².